The van der Waals surface area contributed by atoms with Gasteiger partial charge in [0.15, 0.2) is 0 Å². The minimum Gasteiger partial charge on any atom is -0.198 e. The van der Waals surface area contributed by atoms with E-state index in [9.17, 15) is 0 Å². The lowest BCUT2D eigenvalue weighted by atomic mass is 10.0. The second-order valence-electron chi connectivity index (χ2n) is 2.13. The van der Waals surface area contributed by atoms with E-state index >= 15 is 0 Å². The molecule has 0 saturated carbocycles. The zero-order valence-corrected chi connectivity index (χ0v) is 5.72. The molecule has 1 atom stereocenters. The molecular formula is C8H11N. The van der Waals surface area contributed by atoms with Crippen LogP contribution in [0.25, 0.3) is 0 Å². The topological polar surface area (TPSA) is 23.8 Å². The third-order valence-electron chi connectivity index (χ3n) is 1.02. The minimum atomic E-state index is -0.0532. The molecule has 0 aliphatic heterocycles. The molecule has 1 unspecified atom stereocenters. The Morgan fingerprint density at radius 1 is 1.89 bits per heavy atom. The van der Waals surface area contributed by atoms with E-state index in [0.29, 0.717) is 0 Å². The highest BCUT2D eigenvalue weighted by Crippen LogP contribution is 2.08. The molecule has 0 saturated heterocycles. The highest BCUT2D eigenvalue weighted by atomic mass is 14.3. The van der Waals surface area contributed by atoms with E-state index in [1.807, 2.05) is 6.92 Å². The van der Waals surface area contributed by atoms with Crippen LogP contribution in [-0.4, -0.2) is 0 Å². The molecule has 0 aliphatic rings. The quantitative estimate of drug-likeness (QED) is 0.525. The fourth-order valence-electron chi connectivity index (χ4n) is 0.557. The van der Waals surface area contributed by atoms with Gasteiger partial charge in [-0.25, -0.2) is 0 Å². The molecule has 0 aliphatic carbocycles. The number of nitrogens with zero attached hydrogens (tertiary/aromatic N) is 1. The largest absolute Gasteiger partial charge is 0.198 e. The predicted molar refractivity (Wildman–Crippen MR) is 38.7 cm³/mol. The molecule has 0 aromatic heterocycles. The summed E-state index contributed by atoms with van der Waals surface area (Å²) in [4.78, 5) is 0. The van der Waals surface area contributed by atoms with Gasteiger partial charge in [0.2, 0.25) is 0 Å². The van der Waals surface area contributed by atoms with E-state index < -0.39 is 0 Å². The van der Waals surface area contributed by atoms with Gasteiger partial charge in [-0.15, -0.1) is 13.2 Å². The SMILES string of the molecule is C=CC(C#N)CC(=C)C. The van der Waals surface area contributed by atoms with Gasteiger partial charge in [-0.05, 0) is 13.3 Å². The summed E-state index contributed by atoms with van der Waals surface area (Å²) in [5.41, 5.74) is 1.03. The van der Waals surface area contributed by atoms with Gasteiger partial charge in [-0.1, -0.05) is 11.6 Å². The second-order valence-corrected chi connectivity index (χ2v) is 2.13. The summed E-state index contributed by atoms with van der Waals surface area (Å²) in [7, 11) is 0. The lowest BCUT2D eigenvalue weighted by molar-refractivity contribution is 0.813. The van der Waals surface area contributed by atoms with E-state index in [0.717, 1.165) is 12.0 Å². The van der Waals surface area contributed by atoms with Crippen molar-refractivity contribution in [2.75, 3.05) is 0 Å². The molecule has 48 valence electrons. The van der Waals surface area contributed by atoms with Crippen molar-refractivity contribution >= 4 is 0 Å². The van der Waals surface area contributed by atoms with E-state index in [1.165, 1.54) is 0 Å². The lowest BCUT2D eigenvalue weighted by Gasteiger charge is -1.99. The Hall–Kier alpha value is -1.03. The Morgan fingerprint density at radius 2 is 2.44 bits per heavy atom. The maximum Gasteiger partial charge on any atom is 0.0700 e. The molecular weight excluding hydrogens is 110 g/mol. The summed E-state index contributed by atoms with van der Waals surface area (Å²) in [6.07, 6.45) is 2.38. The Bertz CT molecular complexity index is 150. The Labute approximate surface area is 56.3 Å². The first-order valence-electron chi connectivity index (χ1n) is 2.87. The molecule has 1 nitrogen and oxygen atoms in total. The first kappa shape index (κ1) is 7.97. The van der Waals surface area contributed by atoms with Crippen molar-refractivity contribution in [3.63, 3.8) is 0 Å². The first-order chi connectivity index (χ1) is 4.20. The van der Waals surface area contributed by atoms with Crippen molar-refractivity contribution in [2.24, 2.45) is 5.92 Å². The van der Waals surface area contributed by atoms with Crippen molar-refractivity contribution in [3.8, 4) is 6.07 Å². The van der Waals surface area contributed by atoms with E-state index in [4.69, 9.17) is 5.26 Å². The maximum atomic E-state index is 8.41. The van der Waals surface area contributed by atoms with Crippen LogP contribution in [0.15, 0.2) is 24.8 Å². The summed E-state index contributed by atoms with van der Waals surface area (Å²) < 4.78 is 0. The van der Waals surface area contributed by atoms with Crippen LogP contribution in [0.4, 0.5) is 0 Å². The molecule has 1 heteroatoms. The number of nitriles is 1. The van der Waals surface area contributed by atoms with Gasteiger partial charge in [0.1, 0.15) is 0 Å². The van der Waals surface area contributed by atoms with Crippen molar-refractivity contribution in [3.05, 3.63) is 24.8 Å². The molecule has 0 heterocycles. The minimum absolute atomic E-state index is 0.0532. The van der Waals surface area contributed by atoms with Crippen LogP contribution in [0.5, 0.6) is 0 Å². The van der Waals surface area contributed by atoms with Crippen LogP contribution in [0.3, 0.4) is 0 Å². The fraction of sp³-hybridized carbons (Fsp3) is 0.375. The van der Waals surface area contributed by atoms with Crippen LogP contribution in [0.1, 0.15) is 13.3 Å². The highest BCUT2D eigenvalue weighted by molar-refractivity contribution is 5.03. The zero-order valence-electron chi connectivity index (χ0n) is 5.72. The smallest absolute Gasteiger partial charge is 0.0700 e. The predicted octanol–water partition coefficient (Wildman–Crippen LogP) is 2.28. The Kier molecular flexibility index (Phi) is 3.46. The first-order valence-corrected chi connectivity index (χ1v) is 2.87. The summed E-state index contributed by atoms with van der Waals surface area (Å²) in [6, 6.07) is 2.10. The van der Waals surface area contributed by atoms with Crippen molar-refractivity contribution < 1.29 is 0 Å². The number of hydrogen-bond acceptors (Lipinski definition) is 1. The van der Waals surface area contributed by atoms with E-state index in [2.05, 4.69) is 19.2 Å². The molecule has 0 aromatic rings. The van der Waals surface area contributed by atoms with Gasteiger partial charge in [0.25, 0.3) is 0 Å². The van der Waals surface area contributed by atoms with Crippen LogP contribution in [0, 0.1) is 17.2 Å². The number of allylic oxidation sites excluding steroid dienone is 2. The van der Waals surface area contributed by atoms with Crippen molar-refractivity contribution in [1.29, 1.82) is 5.26 Å². The second kappa shape index (κ2) is 3.91. The molecule has 0 amide bonds. The van der Waals surface area contributed by atoms with Crippen LogP contribution >= 0.6 is 0 Å². The fourth-order valence-corrected chi connectivity index (χ4v) is 0.557. The Balaban J connectivity index is 3.73. The third kappa shape index (κ3) is 3.54. The lowest BCUT2D eigenvalue weighted by Crippen LogP contribution is -1.90. The van der Waals surface area contributed by atoms with E-state index in [-0.39, 0.29) is 5.92 Å². The van der Waals surface area contributed by atoms with Crippen molar-refractivity contribution in [2.45, 2.75) is 13.3 Å². The third-order valence-corrected chi connectivity index (χ3v) is 1.02. The van der Waals surface area contributed by atoms with Crippen LogP contribution < -0.4 is 0 Å². The molecule has 0 radical (unpaired) electrons. The van der Waals surface area contributed by atoms with Crippen LogP contribution in [-0.2, 0) is 0 Å². The molecule has 0 bridgehead atoms. The molecule has 0 rings (SSSR count). The molecule has 9 heavy (non-hydrogen) atoms. The normalized spacial score (nSPS) is 11.6. The summed E-state index contributed by atoms with van der Waals surface area (Å²) >= 11 is 0. The summed E-state index contributed by atoms with van der Waals surface area (Å²) in [5, 5.41) is 8.41. The standard InChI is InChI=1S/C8H11N/c1-4-8(6-9)5-7(2)3/h4,8H,1-2,5H2,3H3. The number of hydrogen-bond donors (Lipinski definition) is 0. The molecule has 0 N–H and O–H groups in total. The van der Waals surface area contributed by atoms with E-state index in [1.54, 1.807) is 6.08 Å². The molecule has 0 aromatic carbocycles. The van der Waals surface area contributed by atoms with Gasteiger partial charge in [0.05, 0.1) is 12.0 Å². The molecule has 0 spiro atoms. The zero-order chi connectivity index (χ0) is 7.28. The highest BCUT2D eigenvalue weighted by Gasteiger charge is 1.99. The average molecular weight is 121 g/mol. The maximum absolute atomic E-state index is 8.41. The monoisotopic (exact) mass is 121 g/mol. The summed E-state index contributed by atoms with van der Waals surface area (Å²) in [6.45, 7) is 9.12. The average Bonchev–Trinajstić information content (AvgIpc) is 1.82. The van der Waals surface area contributed by atoms with Gasteiger partial charge < -0.3 is 0 Å². The van der Waals surface area contributed by atoms with Crippen LogP contribution in [0.2, 0.25) is 0 Å². The van der Waals surface area contributed by atoms with Gasteiger partial charge in [-0.2, -0.15) is 5.26 Å². The van der Waals surface area contributed by atoms with Gasteiger partial charge in [-0.3, -0.25) is 0 Å². The molecule has 0 fully saturated rings. The summed E-state index contributed by atoms with van der Waals surface area (Å²) in [5.74, 6) is -0.0532. The number of rotatable bonds is 3. The van der Waals surface area contributed by atoms with Crippen molar-refractivity contribution in [1.82, 2.24) is 0 Å². The Morgan fingerprint density at radius 3 is 2.56 bits per heavy atom. The van der Waals surface area contributed by atoms with Gasteiger partial charge >= 0.3 is 0 Å². The van der Waals surface area contributed by atoms with Gasteiger partial charge in [0, 0.05) is 0 Å².